The van der Waals surface area contributed by atoms with Crippen LogP contribution in [0.2, 0.25) is 0 Å². The Morgan fingerprint density at radius 3 is 2.71 bits per heavy atom. The van der Waals surface area contributed by atoms with Crippen LogP contribution < -0.4 is 10.1 Å². The first-order valence-corrected chi connectivity index (χ1v) is 9.58. The third-order valence-corrected chi connectivity index (χ3v) is 5.03. The Labute approximate surface area is 175 Å². The van der Waals surface area contributed by atoms with Crippen LogP contribution in [0.25, 0.3) is 11.4 Å². The first-order chi connectivity index (χ1) is 14.8. The number of hydrogen-bond acceptors (Lipinski definition) is 5. The molecule has 1 aliphatic rings. The van der Waals surface area contributed by atoms with Gasteiger partial charge in [-0.05, 0) is 55.3 Å². The number of nitrogens with zero attached hydrogens (tertiary/aromatic N) is 3. The Morgan fingerprint density at radius 1 is 1.23 bits per heavy atom. The summed E-state index contributed by atoms with van der Waals surface area (Å²) in [6.07, 6.45) is -3.17. The summed E-state index contributed by atoms with van der Waals surface area (Å²) >= 11 is 0. The lowest BCUT2D eigenvalue weighted by atomic mass is 10.2. The molecule has 1 saturated heterocycles. The van der Waals surface area contributed by atoms with Crippen molar-refractivity contribution >= 4 is 11.7 Å². The second kappa shape index (κ2) is 8.29. The maximum atomic E-state index is 12.9. The van der Waals surface area contributed by atoms with Crippen molar-refractivity contribution in [3.05, 3.63) is 60.0 Å². The van der Waals surface area contributed by atoms with Gasteiger partial charge in [-0.1, -0.05) is 11.2 Å². The van der Waals surface area contributed by atoms with Crippen molar-refractivity contribution in [1.29, 1.82) is 0 Å². The number of benzene rings is 2. The van der Waals surface area contributed by atoms with Gasteiger partial charge < -0.3 is 19.5 Å². The van der Waals surface area contributed by atoms with E-state index in [1.165, 1.54) is 17.0 Å². The molecular formula is C21H19F3N4O3. The van der Waals surface area contributed by atoms with Gasteiger partial charge in [-0.3, -0.25) is 0 Å². The molecule has 2 heterocycles. The topological polar surface area (TPSA) is 80.5 Å². The largest absolute Gasteiger partial charge is 0.497 e. The molecule has 10 heteroatoms. The number of aromatic nitrogens is 2. The maximum Gasteiger partial charge on any atom is 0.416 e. The summed E-state index contributed by atoms with van der Waals surface area (Å²) in [6, 6.07) is 10.7. The quantitative estimate of drug-likeness (QED) is 0.618. The van der Waals surface area contributed by atoms with Crippen LogP contribution in [0.4, 0.5) is 23.7 Å². The number of likely N-dealkylation sites (tertiary alicyclic amines) is 1. The Kier molecular flexibility index (Phi) is 5.53. The summed E-state index contributed by atoms with van der Waals surface area (Å²) < 4.78 is 49.3. The molecule has 1 aliphatic heterocycles. The number of carbonyl (C=O) groups excluding carboxylic acids is 1. The number of ether oxygens (including phenoxy) is 1. The van der Waals surface area contributed by atoms with Gasteiger partial charge in [-0.25, -0.2) is 4.79 Å². The van der Waals surface area contributed by atoms with Crippen LogP contribution in [0.15, 0.2) is 53.1 Å². The number of carbonyl (C=O) groups is 1. The zero-order valence-corrected chi connectivity index (χ0v) is 16.5. The molecule has 31 heavy (non-hydrogen) atoms. The highest BCUT2D eigenvalue weighted by Crippen LogP contribution is 2.34. The number of methoxy groups -OCH3 is 1. The van der Waals surface area contributed by atoms with Gasteiger partial charge in [-0.15, -0.1) is 0 Å². The van der Waals surface area contributed by atoms with Crippen LogP contribution in [0.3, 0.4) is 0 Å². The van der Waals surface area contributed by atoms with Crippen molar-refractivity contribution in [3.8, 4) is 17.1 Å². The number of hydrogen-bond donors (Lipinski definition) is 1. The molecule has 7 nitrogen and oxygen atoms in total. The van der Waals surface area contributed by atoms with E-state index in [-0.39, 0.29) is 11.6 Å². The number of halogens is 3. The summed E-state index contributed by atoms with van der Waals surface area (Å²) in [7, 11) is 1.57. The van der Waals surface area contributed by atoms with Crippen molar-refractivity contribution in [2.24, 2.45) is 0 Å². The standard InChI is InChI=1S/C21H19F3N4O3/c1-30-16-9-7-13(8-10-16)18-26-19(31-27-18)17-6-3-11-28(17)20(29)25-15-5-2-4-14(12-15)21(22,23)24/h2,4-5,7-10,12,17H,3,6,11H2,1H3,(H,25,29). The maximum absolute atomic E-state index is 12.9. The van der Waals surface area contributed by atoms with Gasteiger partial charge in [0.1, 0.15) is 11.8 Å². The van der Waals surface area contributed by atoms with E-state index in [2.05, 4.69) is 15.5 Å². The monoisotopic (exact) mass is 432 g/mol. The molecule has 4 rings (SSSR count). The van der Waals surface area contributed by atoms with Crippen molar-refractivity contribution in [2.45, 2.75) is 25.1 Å². The first-order valence-electron chi connectivity index (χ1n) is 9.58. The van der Waals surface area contributed by atoms with E-state index in [0.29, 0.717) is 31.0 Å². The van der Waals surface area contributed by atoms with E-state index in [4.69, 9.17) is 9.26 Å². The van der Waals surface area contributed by atoms with E-state index < -0.39 is 23.8 Å². The molecule has 0 spiro atoms. The van der Waals surface area contributed by atoms with Gasteiger partial charge in [0.05, 0.1) is 12.7 Å². The first kappa shape index (κ1) is 20.7. The van der Waals surface area contributed by atoms with Crippen LogP contribution in [0.5, 0.6) is 5.75 Å². The zero-order chi connectivity index (χ0) is 22.0. The fraction of sp³-hybridized carbons (Fsp3) is 0.286. The summed E-state index contributed by atoms with van der Waals surface area (Å²) in [5.41, 5.74) is -0.0343. The highest BCUT2D eigenvalue weighted by atomic mass is 19.4. The van der Waals surface area contributed by atoms with Crippen molar-refractivity contribution < 1.29 is 27.2 Å². The molecule has 1 N–H and O–H groups in total. The predicted molar refractivity (Wildman–Crippen MR) is 105 cm³/mol. The summed E-state index contributed by atoms with van der Waals surface area (Å²) in [4.78, 5) is 18.6. The van der Waals surface area contributed by atoms with Gasteiger partial charge in [0.15, 0.2) is 0 Å². The smallest absolute Gasteiger partial charge is 0.416 e. The van der Waals surface area contributed by atoms with E-state index in [1.54, 1.807) is 31.4 Å². The fourth-order valence-corrected chi connectivity index (χ4v) is 3.46. The molecule has 1 unspecified atom stereocenters. The van der Waals surface area contributed by atoms with Crippen LogP contribution in [-0.4, -0.2) is 34.7 Å². The second-order valence-electron chi connectivity index (χ2n) is 7.04. The van der Waals surface area contributed by atoms with Gasteiger partial charge in [0.25, 0.3) is 0 Å². The molecule has 3 aromatic rings. The second-order valence-corrected chi connectivity index (χ2v) is 7.04. The van der Waals surface area contributed by atoms with Crippen LogP contribution in [-0.2, 0) is 6.18 Å². The van der Waals surface area contributed by atoms with Crippen LogP contribution in [0.1, 0.15) is 30.3 Å². The van der Waals surface area contributed by atoms with Gasteiger partial charge in [0, 0.05) is 17.8 Å². The van der Waals surface area contributed by atoms with E-state index in [9.17, 15) is 18.0 Å². The Hall–Kier alpha value is -3.56. The minimum Gasteiger partial charge on any atom is -0.497 e. The highest BCUT2D eigenvalue weighted by Gasteiger charge is 2.35. The van der Waals surface area contributed by atoms with Crippen LogP contribution in [0, 0.1) is 0 Å². The van der Waals surface area contributed by atoms with Crippen molar-refractivity contribution in [1.82, 2.24) is 15.0 Å². The Balaban J connectivity index is 1.49. The number of amides is 2. The molecule has 0 saturated carbocycles. The lowest BCUT2D eigenvalue weighted by Crippen LogP contribution is -2.34. The Bertz CT molecular complexity index is 1070. The minimum atomic E-state index is -4.49. The summed E-state index contributed by atoms with van der Waals surface area (Å²) in [6.45, 7) is 0.426. The highest BCUT2D eigenvalue weighted by molar-refractivity contribution is 5.89. The third-order valence-electron chi connectivity index (χ3n) is 5.03. The number of alkyl halides is 3. The summed E-state index contributed by atoms with van der Waals surface area (Å²) in [5, 5.41) is 6.52. The lowest BCUT2D eigenvalue weighted by molar-refractivity contribution is -0.137. The minimum absolute atomic E-state index is 0.0647. The Morgan fingerprint density at radius 2 is 2.00 bits per heavy atom. The average Bonchev–Trinajstić information content (AvgIpc) is 3.43. The molecule has 0 bridgehead atoms. The zero-order valence-electron chi connectivity index (χ0n) is 16.5. The number of urea groups is 1. The third kappa shape index (κ3) is 4.47. The van der Waals surface area contributed by atoms with Gasteiger partial charge in [0.2, 0.25) is 11.7 Å². The number of anilines is 1. The van der Waals surface area contributed by atoms with E-state index in [1.807, 2.05) is 0 Å². The van der Waals surface area contributed by atoms with Crippen molar-refractivity contribution in [2.75, 3.05) is 19.0 Å². The summed E-state index contributed by atoms with van der Waals surface area (Å²) in [5.74, 6) is 1.35. The molecule has 1 aromatic heterocycles. The van der Waals surface area contributed by atoms with E-state index >= 15 is 0 Å². The average molecular weight is 432 g/mol. The molecule has 1 fully saturated rings. The molecule has 2 aromatic carbocycles. The lowest BCUT2D eigenvalue weighted by Gasteiger charge is -2.22. The number of rotatable bonds is 4. The van der Waals surface area contributed by atoms with Crippen LogP contribution >= 0.6 is 0 Å². The molecule has 2 amide bonds. The fourth-order valence-electron chi connectivity index (χ4n) is 3.46. The molecule has 0 aliphatic carbocycles. The van der Waals surface area contributed by atoms with Crippen molar-refractivity contribution in [3.63, 3.8) is 0 Å². The van der Waals surface area contributed by atoms with Gasteiger partial charge in [-0.2, -0.15) is 18.2 Å². The predicted octanol–water partition coefficient (Wildman–Crippen LogP) is 5.13. The number of nitrogens with one attached hydrogen (secondary N) is 1. The molecule has 0 radical (unpaired) electrons. The van der Waals surface area contributed by atoms with E-state index in [0.717, 1.165) is 17.7 Å². The van der Waals surface area contributed by atoms with Gasteiger partial charge >= 0.3 is 12.2 Å². The SMILES string of the molecule is COc1ccc(-c2noc(C3CCCN3C(=O)Nc3cccc(C(F)(F)F)c3)n2)cc1. The normalized spacial score (nSPS) is 16.4. The molecule has 1 atom stereocenters. The molecular weight excluding hydrogens is 413 g/mol. The molecule has 162 valence electrons.